The van der Waals surface area contributed by atoms with Crippen molar-refractivity contribution in [1.29, 1.82) is 0 Å². The normalized spacial score (nSPS) is 18.4. The van der Waals surface area contributed by atoms with Crippen LogP contribution in [0, 0.1) is 0 Å². The Morgan fingerprint density at radius 1 is 1.48 bits per heavy atom. The maximum atomic E-state index is 12.0. The standard InChI is InChI=1S/C18H33N7O2/c1-6-7-13(24-17(26)27-18(2,3)4)10-20-16(19-5)23-14-8-9-15-21-12-22-25(15)11-14/h12-14H,6-11H2,1-5H3,(H,24,26)(H2,19,20,23). The van der Waals surface area contributed by atoms with Gasteiger partial charge in [0.15, 0.2) is 5.96 Å². The van der Waals surface area contributed by atoms with Gasteiger partial charge in [-0.05, 0) is 33.6 Å². The van der Waals surface area contributed by atoms with Gasteiger partial charge in [0, 0.05) is 32.1 Å². The lowest BCUT2D eigenvalue weighted by Gasteiger charge is -2.27. The Balaban J connectivity index is 1.82. The minimum atomic E-state index is -0.507. The van der Waals surface area contributed by atoms with Gasteiger partial charge in [-0.1, -0.05) is 13.3 Å². The third kappa shape index (κ3) is 7.07. The Hall–Kier alpha value is -2.32. The van der Waals surface area contributed by atoms with Gasteiger partial charge in [-0.3, -0.25) is 4.99 Å². The van der Waals surface area contributed by atoms with Crippen molar-refractivity contribution in [2.24, 2.45) is 4.99 Å². The number of alkyl carbamates (subject to hydrolysis) is 1. The van der Waals surface area contributed by atoms with Crippen molar-refractivity contribution in [1.82, 2.24) is 30.7 Å². The molecule has 3 N–H and O–H groups in total. The van der Waals surface area contributed by atoms with Crippen molar-refractivity contribution >= 4 is 12.1 Å². The number of carbonyl (C=O) groups excluding carboxylic acids is 1. The second-order valence-electron chi connectivity index (χ2n) is 7.82. The van der Waals surface area contributed by atoms with Gasteiger partial charge in [0.1, 0.15) is 17.8 Å². The van der Waals surface area contributed by atoms with Crippen LogP contribution in [0.25, 0.3) is 0 Å². The number of aromatic nitrogens is 3. The van der Waals surface area contributed by atoms with Crippen LogP contribution in [0.5, 0.6) is 0 Å². The fourth-order valence-electron chi connectivity index (χ4n) is 3.01. The van der Waals surface area contributed by atoms with Crippen molar-refractivity contribution < 1.29 is 9.53 Å². The van der Waals surface area contributed by atoms with E-state index >= 15 is 0 Å². The number of nitrogens with one attached hydrogen (secondary N) is 3. The molecule has 1 amide bonds. The number of rotatable bonds is 6. The smallest absolute Gasteiger partial charge is 0.407 e. The monoisotopic (exact) mass is 379 g/mol. The number of ether oxygens (including phenoxy) is 1. The molecule has 0 radical (unpaired) electrons. The van der Waals surface area contributed by atoms with E-state index in [9.17, 15) is 4.79 Å². The van der Waals surface area contributed by atoms with Crippen molar-refractivity contribution in [3.8, 4) is 0 Å². The van der Waals surface area contributed by atoms with E-state index in [1.807, 2.05) is 25.5 Å². The summed E-state index contributed by atoms with van der Waals surface area (Å²) >= 11 is 0. The van der Waals surface area contributed by atoms with Crippen LogP contribution in [-0.2, 0) is 17.7 Å². The van der Waals surface area contributed by atoms with Gasteiger partial charge in [0.2, 0.25) is 0 Å². The van der Waals surface area contributed by atoms with Crippen LogP contribution in [0.2, 0.25) is 0 Å². The molecular weight excluding hydrogens is 346 g/mol. The Bertz CT molecular complexity index is 636. The first-order valence-electron chi connectivity index (χ1n) is 9.64. The van der Waals surface area contributed by atoms with E-state index in [1.165, 1.54) is 0 Å². The van der Waals surface area contributed by atoms with Gasteiger partial charge >= 0.3 is 6.09 Å². The molecular formula is C18H33N7O2. The van der Waals surface area contributed by atoms with Crippen LogP contribution < -0.4 is 16.0 Å². The maximum Gasteiger partial charge on any atom is 0.407 e. The molecule has 0 bridgehead atoms. The third-order valence-corrected chi connectivity index (χ3v) is 4.24. The van der Waals surface area contributed by atoms with Crippen LogP contribution >= 0.6 is 0 Å². The molecule has 0 aliphatic carbocycles. The lowest BCUT2D eigenvalue weighted by atomic mass is 10.1. The molecule has 1 aromatic rings. The molecule has 0 fully saturated rings. The summed E-state index contributed by atoms with van der Waals surface area (Å²) in [4.78, 5) is 20.6. The van der Waals surface area contributed by atoms with Gasteiger partial charge in [0.05, 0.1) is 6.54 Å². The molecule has 9 nitrogen and oxygen atoms in total. The summed E-state index contributed by atoms with van der Waals surface area (Å²) in [6.07, 6.45) is 4.90. The zero-order valence-electron chi connectivity index (χ0n) is 17.1. The minimum Gasteiger partial charge on any atom is -0.444 e. The number of hydrogen-bond acceptors (Lipinski definition) is 5. The first-order chi connectivity index (χ1) is 12.8. The van der Waals surface area contributed by atoms with E-state index in [1.54, 1.807) is 13.4 Å². The van der Waals surface area contributed by atoms with Crippen LogP contribution in [0.3, 0.4) is 0 Å². The highest BCUT2D eigenvalue weighted by atomic mass is 16.6. The van der Waals surface area contributed by atoms with Crippen LogP contribution in [0.1, 0.15) is 52.8 Å². The van der Waals surface area contributed by atoms with Crippen molar-refractivity contribution in [3.05, 3.63) is 12.2 Å². The molecule has 2 unspecified atom stereocenters. The molecule has 152 valence electrons. The molecule has 0 saturated carbocycles. The largest absolute Gasteiger partial charge is 0.444 e. The SMILES string of the molecule is CCCC(CNC(=NC)NC1CCc2ncnn2C1)NC(=O)OC(C)(C)C. The second-order valence-corrected chi connectivity index (χ2v) is 7.82. The minimum absolute atomic E-state index is 0.0309. The molecule has 0 aromatic carbocycles. The Kier molecular flexibility index (Phi) is 7.44. The number of guanidine groups is 1. The molecule has 0 saturated heterocycles. The Labute approximate surface area is 161 Å². The van der Waals surface area contributed by atoms with Crippen molar-refractivity contribution in [3.63, 3.8) is 0 Å². The zero-order chi connectivity index (χ0) is 19.9. The van der Waals surface area contributed by atoms with Crippen LogP contribution in [-0.4, -0.2) is 58.1 Å². The first kappa shape index (κ1) is 21.0. The second kappa shape index (κ2) is 9.57. The number of carbonyl (C=O) groups is 1. The average Bonchev–Trinajstić information content (AvgIpc) is 3.04. The van der Waals surface area contributed by atoms with E-state index < -0.39 is 11.7 Å². The fourth-order valence-corrected chi connectivity index (χ4v) is 3.01. The summed E-state index contributed by atoms with van der Waals surface area (Å²) in [5.74, 6) is 1.75. The van der Waals surface area contributed by atoms with Crippen LogP contribution in [0.4, 0.5) is 4.79 Å². The summed E-state index contributed by atoms with van der Waals surface area (Å²) in [6, 6.07) is 0.213. The van der Waals surface area contributed by atoms with E-state index in [0.717, 1.165) is 44.0 Å². The quantitative estimate of drug-likeness (QED) is 0.510. The van der Waals surface area contributed by atoms with Gasteiger partial charge in [-0.25, -0.2) is 14.5 Å². The predicted octanol–water partition coefficient (Wildman–Crippen LogP) is 1.45. The molecule has 2 atom stereocenters. The fraction of sp³-hybridized carbons (Fsp3) is 0.778. The maximum absolute atomic E-state index is 12.0. The summed E-state index contributed by atoms with van der Waals surface area (Å²) < 4.78 is 7.28. The van der Waals surface area contributed by atoms with Gasteiger partial charge in [0.25, 0.3) is 0 Å². The van der Waals surface area contributed by atoms with Gasteiger partial charge in [-0.15, -0.1) is 0 Å². The van der Waals surface area contributed by atoms with E-state index in [2.05, 4.69) is 37.9 Å². The highest BCUT2D eigenvalue weighted by Gasteiger charge is 2.22. The Morgan fingerprint density at radius 3 is 2.93 bits per heavy atom. The Morgan fingerprint density at radius 2 is 2.26 bits per heavy atom. The molecule has 2 heterocycles. The van der Waals surface area contributed by atoms with E-state index in [0.29, 0.717) is 6.54 Å². The number of fused-ring (bicyclic) bond motifs is 1. The van der Waals surface area contributed by atoms with Crippen molar-refractivity contribution in [2.45, 2.75) is 77.6 Å². The number of hydrogen-bond donors (Lipinski definition) is 3. The lowest BCUT2D eigenvalue weighted by Crippen LogP contribution is -2.51. The number of aliphatic imine (C=N–C) groups is 1. The van der Waals surface area contributed by atoms with Crippen molar-refractivity contribution in [2.75, 3.05) is 13.6 Å². The predicted molar refractivity (Wildman–Crippen MR) is 105 cm³/mol. The molecule has 1 aromatic heterocycles. The van der Waals surface area contributed by atoms with E-state index in [4.69, 9.17) is 4.74 Å². The summed E-state index contributed by atoms with van der Waals surface area (Å²) in [7, 11) is 1.75. The van der Waals surface area contributed by atoms with E-state index in [-0.39, 0.29) is 12.1 Å². The molecule has 27 heavy (non-hydrogen) atoms. The number of aryl methyl sites for hydroxylation is 1. The summed E-state index contributed by atoms with van der Waals surface area (Å²) in [5.41, 5.74) is -0.507. The summed E-state index contributed by atoms with van der Waals surface area (Å²) in [5, 5.41) is 13.9. The number of nitrogens with zero attached hydrogens (tertiary/aromatic N) is 4. The summed E-state index contributed by atoms with van der Waals surface area (Å²) in [6.45, 7) is 9.01. The molecule has 0 spiro atoms. The van der Waals surface area contributed by atoms with Gasteiger partial charge < -0.3 is 20.7 Å². The topological polar surface area (TPSA) is 105 Å². The van der Waals surface area contributed by atoms with Gasteiger partial charge in [-0.2, -0.15) is 5.10 Å². The molecule has 1 aliphatic heterocycles. The molecule has 9 heteroatoms. The highest BCUT2D eigenvalue weighted by Crippen LogP contribution is 2.11. The highest BCUT2D eigenvalue weighted by molar-refractivity contribution is 5.80. The first-order valence-corrected chi connectivity index (χ1v) is 9.64. The number of amides is 1. The lowest BCUT2D eigenvalue weighted by molar-refractivity contribution is 0.0502. The molecule has 1 aliphatic rings. The zero-order valence-corrected chi connectivity index (χ0v) is 17.1. The third-order valence-electron chi connectivity index (χ3n) is 4.24. The average molecular weight is 380 g/mol. The molecule has 2 rings (SSSR count). The van der Waals surface area contributed by atoms with Crippen LogP contribution in [0.15, 0.2) is 11.3 Å².